The molecule has 2 aliphatic rings. The van der Waals surface area contributed by atoms with Gasteiger partial charge in [-0.25, -0.2) is 9.59 Å². The van der Waals surface area contributed by atoms with Crippen molar-refractivity contribution >= 4 is 12.0 Å². The second-order valence-corrected chi connectivity index (χ2v) is 3.93. The maximum absolute atomic E-state index is 11.8. The molecule has 0 aromatic heterocycles. The van der Waals surface area contributed by atoms with Crippen LogP contribution in [0.25, 0.3) is 0 Å². The van der Waals surface area contributed by atoms with Crippen LogP contribution in [-0.2, 0) is 9.63 Å². The van der Waals surface area contributed by atoms with Gasteiger partial charge in [0.15, 0.2) is 0 Å². The zero-order valence-corrected chi connectivity index (χ0v) is 8.83. The summed E-state index contributed by atoms with van der Waals surface area (Å²) >= 11 is 0. The van der Waals surface area contributed by atoms with Gasteiger partial charge in [0.1, 0.15) is 6.04 Å². The van der Waals surface area contributed by atoms with Crippen molar-refractivity contribution < 1.29 is 19.5 Å². The molecule has 2 atom stereocenters. The number of carbonyl (C=O) groups is 2. The van der Waals surface area contributed by atoms with E-state index in [1.165, 1.54) is 9.96 Å². The molecule has 0 spiro atoms. The molecule has 6 heteroatoms. The number of hydrogen-bond donors (Lipinski definition) is 1. The average molecular weight is 226 g/mol. The molecule has 88 valence electrons. The summed E-state index contributed by atoms with van der Waals surface area (Å²) in [5.74, 6) is -0.947. The molecule has 6 nitrogen and oxygen atoms in total. The Labute approximate surface area is 93.0 Å². The van der Waals surface area contributed by atoms with Gasteiger partial charge < -0.3 is 10.0 Å². The molecule has 2 heterocycles. The maximum atomic E-state index is 11.8. The van der Waals surface area contributed by atoms with Crippen LogP contribution in [0.1, 0.15) is 12.8 Å². The highest BCUT2D eigenvalue weighted by molar-refractivity contribution is 5.84. The van der Waals surface area contributed by atoms with E-state index in [1.807, 2.05) is 0 Å². The first-order valence-electron chi connectivity index (χ1n) is 5.21. The van der Waals surface area contributed by atoms with Crippen molar-refractivity contribution in [3.8, 4) is 0 Å². The normalized spacial score (nSPS) is 28.4. The minimum atomic E-state index is -0.947. The zero-order chi connectivity index (χ0) is 11.7. The summed E-state index contributed by atoms with van der Waals surface area (Å²) in [6.07, 6.45) is 2.70. The maximum Gasteiger partial charge on any atom is 0.345 e. The van der Waals surface area contributed by atoms with Gasteiger partial charge in [-0.15, -0.1) is 6.58 Å². The molecule has 1 N–H and O–H groups in total. The monoisotopic (exact) mass is 226 g/mol. The minimum absolute atomic E-state index is 0.0250. The van der Waals surface area contributed by atoms with Crippen LogP contribution in [0.15, 0.2) is 12.7 Å². The number of urea groups is 1. The zero-order valence-electron chi connectivity index (χ0n) is 8.83. The number of aliphatic carboxylic acids is 1. The Kier molecular flexibility index (Phi) is 2.82. The number of carbonyl (C=O) groups excluding carboxylic acids is 1. The largest absolute Gasteiger partial charge is 0.480 e. The van der Waals surface area contributed by atoms with Gasteiger partial charge in [0, 0.05) is 6.54 Å². The molecular weight excluding hydrogens is 212 g/mol. The van der Waals surface area contributed by atoms with Crippen LogP contribution >= 0.6 is 0 Å². The van der Waals surface area contributed by atoms with Gasteiger partial charge in [-0.2, -0.15) is 5.06 Å². The van der Waals surface area contributed by atoms with Crippen LogP contribution in [0.5, 0.6) is 0 Å². The number of nitrogens with zero attached hydrogens (tertiary/aromatic N) is 2. The number of carboxylic acids is 1. The van der Waals surface area contributed by atoms with Gasteiger partial charge in [-0.05, 0) is 12.8 Å². The third-order valence-corrected chi connectivity index (χ3v) is 2.94. The molecule has 2 saturated heterocycles. The summed E-state index contributed by atoms with van der Waals surface area (Å²) in [5, 5.41) is 10.3. The lowest BCUT2D eigenvalue weighted by Crippen LogP contribution is -2.44. The summed E-state index contributed by atoms with van der Waals surface area (Å²) in [5.41, 5.74) is 0. The Morgan fingerprint density at radius 2 is 2.38 bits per heavy atom. The van der Waals surface area contributed by atoms with Crippen LogP contribution in [-0.4, -0.2) is 52.3 Å². The Bertz CT molecular complexity index is 331. The van der Waals surface area contributed by atoms with E-state index in [1.54, 1.807) is 6.08 Å². The van der Waals surface area contributed by atoms with Gasteiger partial charge in [0.05, 0.1) is 12.6 Å². The molecule has 0 unspecified atom stereocenters. The van der Waals surface area contributed by atoms with Gasteiger partial charge in [0.25, 0.3) is 0 Å². The highest BCUT2D eigenvalue weighted by Crippen LogP contribution is 2.29. The van der Waals surface area contributed by atoms with E-state index >= 15 is 0 Å². The lowest BCUT2D eigenvalue weighted by molar-refractivity contribution is -0.142. The van der Waals surface area contributed by atoms with Crippen LogP contribution in [0.3, 0.4) is 0 Å². The van der Waals surface area contributed by atoms with Crippen LogP contribution in [0.2, 0.25) is 0 Å². The van der Waals surface area contributed by atoms with Crippen molar-refractivity contribution in [1.82, 2.24) is 9.96 Å². The van der Waals surface area contributed by atoms with Crippen LogP contribution in [0.4, 0.5) is 4.79 Å². The van der Waals surface area contributed by atoms with Gasteiger partial charge in [-0.1, -0.05) is 6.08 Å². The Morgan fingerprint density at radius 3 is 3.00 bits per heavy atom. The van der Waals surface area contributed by atoms with E-state index in [0.717, 1.165) is 0 Å². The summed E-state index contributed by atoms with van der Waals surface area (Å²) in [6, 6.07) is -1.08. The van der Waals surface area contributed by atoms with E-state index in [0.29, 0.717) is 19.4 Å². The lowest BCUT2D eigenvalue weighted by Gasteiger charge is -2.26. The summed E-state index contributed by atoms with van der Waals surface area (Å²) < 4.78 is 0. The molecule has 2 bridgehead atoms. The van der Waals surface area contributed by atoms with E-state index in [2.05, 4.69) is 6.58 Å². The van der Waals surface area contributed by atoms with E-state index < -0.39 is 12.0 Å². The minimum Gasteiger partial charge on any atom is -0.480 e. The van der Waals surface area contributed by atoms with Crippen molar-refractivity contribution in [2.24, 2.45) is 0 Å². The second kappa shape index (κ2) is 4.13. The number of carboxylic acid groups (broad SMARTS) is 1. The number of hydrogen-bond acceptors (Lipinski definition) is 3. The van der Waals surface area contributed by atoms with E-state index in [-0.39, 0.29) is 18.7 Å². The highest BCUT2D eigenvalue weighted by atomic mass is 16.7. The predicted molar refractivity (Wildman–Crippen MR) is 54.5 cm³/mol. The summed E-state index contributed by atoms with van der Waals surface area (Å²) in [6.45, 7) is 4.20. The number of hydroxylamine groups is 2. The van der Waals surface area contributed by atoms with Crippen molar-refractivity contribution in [3.63, 3.8) is 0 Å². The molecule has 0 aliphatic carbocycles. The van der Waals surface area contributed by atoms with E-state index in [4.69, 9.17) is 9.94 Å². The molecule has 2 amide bonds. The second-order valence-electron chi connectivity index (χ2n) is 3.93. The number of amides is 2. The van der Waals surface area contributed by atoms with Gasteiger partial charge in [-0.3, -0.25) is 4.84 Å². The smallest absolute Gasteiger partial charge is 0.345 e. The Hall–Kier alpha value is -1.56. The third-order valence-electron chi connectivity index (χ3n) is 2.94. The highest BCUT2D eigenvalue weighted by Gasteiger charge is 2.47. The fourth-order valence-corrected chi connectivity index (χ4v) is 2.19. The molecule has 0 saturated carbocycles. The standard InChI is InChI=1S/C10H14N2O4/c1-2-5-16-12-7-3-4-8(9(13)14)11(6-7)10(12)15/h2,7-8H,1,3-6H2,(H,13,14)/t7-,8+/m1/s1. The average Bonchev–Trinajstić information content (AvgIpc) is 2.50. The third kappa shape index (κ3) is 1.65. The van der Waals surface area contributed by atoms with Crippen molar-refractivity contribution in [2.45, 2.75) is 24.9 Å². The summed E-state index contributed by atoms with van der Waals surface area (Å²) in [4.78, 5) is 29.4. The van der Waals surface area contributed by atoms with Crippen molar-refractivity contribution in [1.29, 1.82) is 0 Å². The number of piperidine rings is 1. The summed E-state index contributed by atoms with van der Waals surface area (Å²) in [7, 11) is 0. The fourth-order valence-electron chi connectivity index (χ4n) is 2.19. The molecule has 0 radical (unpaired) electrons. The molecule has 2 aliphatic heterocycles. The molecule has 0 aromatic carbocycles. The van der Waals surface area contributed by atoms with Crippen molar-refractivity contribution in [3.05, 3.63) is 12.7 Å². The first-order chi connectivity index (χ1) is 7.65. The molecular formula is C10H14N2O4. The topological polar surface area (TPSA) is 70.1 Å². The van der Waals surface area contributed by atoms with Crippen LogP contribution in [0, 0.1) is 0 Å². The van der Waals surface area contributed by atoms with Crippen LogP contribution < -0.4 is 0 Å². The predicted octanol–water partition coefficient (Wildman–Crippen LogP) is 0.457. The number of rotatable bonds is 4. The quantitative estimate of drug-likeness (QED) is 0.707. The first kappa shape index (κ1) is 10.9. The molecule has 16 heavy (non-hydrogen) atoms. The molecule has 2 fully saturated rings. The molecule has 2 rings (SSSR count). The number of fused-ring (bicyclic) bond motifs is 2. The first-order valence-corrected chi connectivity index (χ1v) is 5.21. The lowest BCUT2D eigenvalue weighted by atomic mass is 10.0. The van der Waals surface area contributed by atoms with Gasteiger partial charge >= 0.3 is 12.0 Å². The Morgan fingerprint density at radius 1 is 1.62 bits per heavy atom. The fraction of sp³-hybridized carbons (Fsp3) is 0.600. The SMILES string of the molecule is C=CCON1C(=O)N2C[C@H]1CC[C@H]2C(=O)O. The molecule has 0 aromatic rings. The van der Waals surface area contributed by atoms with Crippen molar-refractivity contribution in [2.75, 3.05) is 13.2 Å². The van der Waals surface area contributed by atoms with Gasteiger partial charge in [0.2, 0.25) is 0 Å². The Balaban J connectivity index is 2.09. The van der Waals surface area contributed by atoms with E-state index in [9.17, 15) is 9.59 Å².